The smallest absolute Gasteiger partial charge is 0.321 e. The van der Waals surface area contributed by atoms with Crippen LogP contribution in [0.25, 0.3) is 0 Å². The number of methoxy groups -OCH3 is 1. The molecule has 0 radical (unpaired) electrons. The number of carbonyl (C=O) groups excluding carboxylic acids is 1. The van der Waals surface area contributed by atoms with E-state index in [0.29, 0.717) is 27.9 Å². The average Bonchev–Trinajstić information content (AvgIpc) is 2.65. The van der Waals surface area contributed by atoms with Gasteiger partial charge in [0, 0.05) is 45.0 Å². The van der Waals surface area contributed by atoms with Gasteiger partial charge in [0.15, 0.2) is 0 Å². The molecule has 0 spiro atoms. The van der Waals surface area contributed by atoms with Gasteiger partial charge in [0.2, 0.25) is 0 Å². The number of hydrogen-bond acceptors (Lipinski definition) is 3. The summed E-state index contributed by atoms with van der Waals surface area (Å²) in [6.07, 6.45) is 4.66. The Kier molecular flexibility index (Phi) is 6.44. The summed E-state index contributed by atoms with van der Waals surface area (Å²) >= 11 is 11.9. The summed E-state index contributed by atoms with van der Waals surface area (Å²) in [5.74, 6) is 0. The predicted molar refractivity (Wildman–Crippen MR) is 102 cm³/mol. The molecule has 25 heavy (non-hydrogen) atoms. The molecule has 3 rings (SSSR count). The number of anilines is 1. The van der Waals surface area contributed by atoms with E-state index in [9.17, 15) is 4.79 Å². The SMILES string of the molecule is COC1CCN(C2CCN(C(=O)Nc3ccc(Cl)c(Cl)c3)CC2)CC1. The lowest BCUT2D eigenvalue weighted by Crippen LogP contribution is -2.50. The van der Waals surface area contributed by atoms with Gasteiger partial charge < -0.3 is 19.9 Å². The first-order chi connectivity index (χ1) is 12.1. The van der Waals surface area contributed by atoms with Crippen LogP contribution in [0.15, 0.2) is 18.2 Å². The molecular formula is C18H25Cl2N3O2. The highest BCUT2D eigenvalue weighted by molar-refractivity contribution is 6.42. The van der Waals surface area contributed by atoms with Crippen molar-refractivity contribution in [3.05, 3.63) is 28.2 Å². The van der Waals surface area contributed by atoms with Crippen LogP contribution in [-0.4, -0.2) is 61.3 Å². The molecule has 0 bridgehead atoms. The number of carbonyl (C=O) groups is 1. The van der Waals surface area contributed by atoms with E-state index in [0.717, 1.165) is 51.9 Å². The number of piperidine rings is 2. The predicted octanol–water partition coefficient (Wildman–Crippen LogP) is 4.10. The summed E-state index contributed by atoms with van der Waals surface area (Å²) < 4.78 is 5.44. The highest BCUT2D eigenvalue weighted by Gasteiger charge is 2.29. The Hall–Kier alpha value is -1.01. The topological polar surface area (TPSA) is 44.8 Å². The summed E-state index contributed by atoms with van der Waals surface area (Å²) in [4.78, 5) is 16.9. The molecule has 2 fully saturated rings. The summed E-state index contributed by atoms with van der Waals surface area (Å²) in [6.45, 7) is 3.75. The standard InChI is InChI=1S/C18H25Cl2N3O2/c1-25-15-6-10-22(11-7-15)14-4-8-23(9-5-14)18(24)21-13-2-3-16(19)17(20)12-13/h2-3,12,14-15H,4-11H2,1H3,(H,21,24). The Morgan fingerprint density at radius 3 is 2.36 bits per heavy atom. The lowest BCUT2D eigenvalue weighted by Gasteiger charge is -2.41. The maximum atomic E-state index is 12.4. The van der Waals surface area contributed by atoms with Gasteiger partial charge in [-0.05, 0) is 43.9 Å². The molecule has 2 saturated heterocycles. The average molecular weight is 386 g/mol. The maximum absolute atomic E-state index is 12.4. The largest absolute Gasteiger partial charge is 0.381 e. The molecule has 5 nitrogen and oxygen atoms in total. The number of benzene rings is 1. The Bertz CT molecular complexity index is 598. The molecule has 0 unspecified atom stereocenters. The summed E-state index contributed by atoms with van der Waals surface area (Å²) in [5, 5.41) is 3.83. The van der Waals surface area contributed by atoms with Crippen LogP contribution in [0.4, 0.5) is 10.5 Å². The van der Waals surface area contributed by atoms with Crippen molar-refractivity contribution in [1.29, 1.82) is 0 Å². The molecule has 2 amide bonds. The first-order valence-corrected chi connectivity index (χ1v) is 9.60. The molecule has 1 aromatic carbocycles. The van der Waals surface area contributed by atoms with Gasteiger partial charge in [-0.1, -0.05) is 23.2 Å². The fourth-order valence-electron chi connectivity index (χ4n) is 3.69. The first kappa shape index (κ1) is 18.8. The third-order valence-corrected chi connectivity index (χ3v) is 5.99. The van der Waals surface area contributed by atoms with Gasteiger partial charge in [-0.3, -0.25) is 0 Å². The van der Waals surface area contributed by atoms with Crippen molar-refractivity contribution < 1.29 is 9.53 Å². The first-order valence-electron chi connectivity index (χ1n) is 8.84. The maximum Gasteiger partial charge on any atom is 0.321 e. The normalized spacial score (nSPS) is 20.7. The van der Waals surface area contributed by atoms with Crippen molar-refractivity contribution in [2.24, 2.45) is 0 Å². The molecule has 0 aliphatic carbocycles. The van der Waals surface area contributed by atoms with E-state index < -0.39 is 0 Å². The van der Waals surface area contributed by atoms with E-state index in [2.05, 4.69) is 10.2 Å². The van der Waals surface area contributed by atoms with Gasteiger partial charge in [0.05, 0.1) is 16.1 Å². The summed E-state index contributed by atoms with van der Waals surface area (Å²) in [5.41, 5.74) is 0.670. The quantitative estimate of drug-likeness (QED) is 0.851. The van der Waals surface area contributed by atoms with Crippen LogP contribution in [0, 0.1) is 0 Å². The molecule has 2 aliphatic heterocycles. The van der Waals surface area contributed by atoms with E-state index in [-0.39, 0.29) is 6.03 Å². The molecule has 7 heteroatoms. The Balaban J connectivity index is 1.47. The lowest BCUT2D eigenvalue weighted by atomic mass is 9.99. The number of nitrogens with one attached hydrogen (secondary N) is 1. The second-order valence-corrected chi connectivity index (χ2v) is 7.56. The number of likely N-dealkylation sites (tertiary alicyclic amines) is 2. The van der Waals surface area contributed by atoms with Crippen molar-refractivity contribution >= 4 is 34.9 Å². The van der Waals surface area contributed by atoms with E-state index in [1.807, 2.05) is 4.90 Å². The van der Waals surface area contributed by atoms with E-state index >= 15 is 0 Å². The second-order valence-electron chi connectivity index (χ2n) is 6.75. The van der Waals surface area contributed by atoms with Gasteiger partial charge >= 0.3 is 6.03 Å². The fourth-order valence-corrected chi connectivity index (χ4v) is 3.99. The fraction of sp³-hybridized carbons (Fsp3) is 0.611. The van der Waals surface area contributed by atoms with Gasteiger partial charge in [-0.25, -0.2) is 4.79 Å². The van der Waals surface area contributed by atoms with Gasteiger partial charge in [0.25, 0.3) is 0 Å². The van der Waals surface area contributed by atoms with Gasteiger partial charge in [0.1, 0.15) is 0 Å². The Morgan fingerprint density at radius 2 is 1.76 bits per heavy atom. The van der Waals surface area contributed by atoms with Crippen LogP contribution in [0.3, 0.4) is 0 Å². The molecule has 0 atom stereocenters. The zero-order valence-corrected chi connectivity index (χ0v) is 16.0. The van der Waals surface area contributed by atoms with Crippen molar-refractivity contribution in [1.82, 2.24) is 9.80 Å². The number of hydrogen-bond donors (Lipinski definition) is 1. The molecule has 138 valence electrons. The Morgan fingerprint density at radius 1 is 1.08 bits per heavy atom. The number of halogens is 2. The van der Waals surface area contributed by atoms with E-state index in [4.69, 9.17) is 27.9 Å². The van der Waals surface area contributed by atoms with Crippen LogP contribution in [0.2, 0.25) is 10.0 Å². The number of nitrogens with zero attached hydrogens (tertiary/aromatic N) is 2. The Labute approximate surface area is 159 Å². The number of urea groups is 1. The van der Waals surface area contributed by atoms with E-state index in [1.165, 1.54) is 0 Å². The molecule has 1 N–H and O–H groups in total. The minimum atomic E-state index is -0.0741. The lowest BCUT2D eigenvalue weighted by molar-refractivity contribution is 0.0173. The summed E-state index contributed by atoms with van der Waals surface area (Å²) in [7, 11) is 1.80. The number of amides is 2. The minimum absolute atomic E-state index is 0.0741. The second kappa shape index (κ2) is 8.58. The molecule has 0 aromatic heterocycles. The number of ether oxygens (including phenoxy) is 1. The van der Waals surface area contributed by atoms with Gasteiger partial charge in [-0.15, -0.1) is 0 Å². The zero-order valence-electron chi connectivity index (χ0n) is 14.5. The van der Waals surface area contributed by atoms with Crippen LogP contribution in [0.5, 0.6) is 0 Å². The van der Waals surface area contributed by atoms with Gasteiger partial charge in [-0.2, -0.15) is 0 Å². The number of rotatable bonds is 3. The molecule has 2 heterocycles. The minimum Gasteiger partial charge on any atom is -0.381 e. The highest BCUT2D eigenvalue weighted by Crippen LogP contribution is 2.26. The van der Waals surface area contributed by atoms with Crippen molar-refractivity contribution in [3.63, 3.8) is 0 Å². The molecule has 1 aromatic rings. The van der Waals surface area contributed by atoms with E-state index in [1.54, 1.807) is 25.3 Å². The molecular weight excluding hydrogens is 361 g/mol. The highest BCUT2D eigenvalue weighted by atomic mass is 35.5. The van der Waals surface area contributed by atoms with Crippen molar-refractivity contribution in [2.75, 3.05) is 38.6 Å². The van der Waals surface area contributed by atoms with Crippen LogP contribution in [-0.2, 0) is 4.74 Å². The van der Waals surface area contributed by atoms with Crippen molar-refractivity contribution in [2.45, 2.75) is 37.8 Å². The van der Waals surface area contributed by atoms with Crippen LogP contribution in [0.1, 0.15) is 25.7 Å². The third kappa shape index (κ3) is 4.79. The van der Waals surface area contributed by atoms with Crippen molar-refractivity contribution in [3.8, 4) is 0 Å². The molecule has 0 saturated carbocycles. The van der Waals surface area contributed by atoms with Crippen LogP contribution < -0.4 is 5.32 Å². The third-order valence-electron chi connectivity index (χ3n) is 5.25. The zero-order chi connectivity index (χ0) is 17.8. The van der Waals surface area contributed by atoms with Crippen LogP contribution >= 0.6 is 23.2 Å². The monoisotopic (exact) mass is 385 g/mol. The summed E-state index contributed by atoms with van der Waals surface area (Å²) in [6, 6.07) is 5.63. The molecule has 2 aliphatic rings.